The molecule has 1 aromatic rings. The first-order chi connectivity index (χ1) is 8.21. The molecule has 3 heteroatoms. The van der Waals surface area contributed by atoms with E-state index in [4.69, 9.17) is 0 Å². The van der Waals surface area contributed by atoms with Crippen LogP contribution in [0.4, 0.5) is 0 Å². The van der Waals surface area contributed by atoms with Crippen LogP contribution in [0.25, 0.3) is 0 Å². The van der Waals surface area contributed by atoms with E-state index in [1.165, 1.54) is 18.2 Å². The number of aryl methyl sites for hydroxylation is 1. The summed E-state index contributed by atoms with van der Waals surface area (Å²) in [4.78, 5) is 11.1. The Bertz CT molecular complexity index is 346. The molecule has 0 aliphatic heterocycles. The molecule has 1 atom stereocenters. The van der Waals surface area contributed by atoms with Crippen LogP contribution in [-0.4, -0.2) is 20.1 Å². The lowest BCUT2D eigenvalue weighted by atomic mass is 10.0. The maximum atomic E-state index is 11.1. The van der Waals surface area contributed by atoms with Crippen LogP contribution in [0, 0.1) is 0 Å². The molecule has 1 unspecified atom stereocenters. The summed E-state index contributed by atoms with van der Waals surface area (Å²) in [5.74, 6) is -0.157. The second kappa shape index (κ2) is 7.07. The average Bonchev–Trinajstić information content (AvgIpc) is 2.39. The highest BCUT2D eigenvalue weighted by molar-refractivity contribution is 5.69. The third-order valence-electron chi connectivity index (χ3n) is 3.00. The molecule has 1 rings (SSSR count). The summed E-state index contributed by atoms with van der Waals surface area (Å²) in [6.07, 6.45) is 2.25. The van der Waals surface area contributed by atoms with Gasteiger partial charge in [-0.15, -0.1) is 0 Å². The zero-order chi connectivity index (χ0) is 12.7. The van der Waals surface area contributed by atoms with Crippen LogP contribution in [0.15, 0.2) is 24.3 Å². The van der Waals surface area contributed by atoms with E-state index in [9.17, 15) is 4.79 Å². The van der Waals surface area contributed by atoms with Crippen molar-refractivity contribution in [3.8, 4) is 0 Å². The molecule has 3 nitrogen and oxygen atoms in total. The molecule has 0 bridgehead atoms. The molecule has 0 heterocycles. The molecule has 0 spiro atoms. The molecule has 0 saturated heterocycles. The van der Waals surface area contributed by atoms with Gasteiger partial charge in [0.15, 0.2) is 0 Å². The molecule has 0 aliphatic rings. The molecular formula is C14H21NO2. The first-order valence-corrected chi connectivity index (χ1v) is 6.04. The van der Waals surface area contributed by atoms with E-state index in [0.29, 0.717) is 6.42 Å². The minimum absolute atomic E-state index is 0.157. The normalized spacial score (nSPS) is 12.2. The number of ether oxygens (including phenoxy) is 1. The molecule has 0 saturated carbocycles. The smallest absolute Gasteiger partial charge is 0.305 e. The summed E-state index contributed by atoms with van der Waals surface area (Å²) in [5.41, 5.74) is 2.55. The molecule has 0 amide bonds. The molecule has 94 valence electrons. The first kappa shape index (κ1) is 13.7. The van der Waals surface area contributed by atoms with E-state index < -0.39 is 0 Å². The number of carbonyl (C=O) groups is 1. The molecule has 0 radical (unpaired) electrons. The number of carbonyl (C=O) groups excluding carboxylic acids is 1. The fourth-order valence-corrected chi connectivity index (χ4v) is 1.83. The van der Waals surface area contributed by atoms with Crippen molar-refractivity contribution in [2.75, 3.05) is 14.2 Å². The summed E-state index contributed by atoms with van der Waals surface area (Å²) in [7, 11) is 3.34. The van der Waals surface area contributed by atoms with Gasteiger partial charge in [0.2, 0.25) is 0 Å². The van der Waals surface area contributed by atoms with Crippen molar-refractivity contribution in [1.82, 2.24) is 5.32 Å². The van der Waals surface area contributed by atoms with Gasteiger partial charge in [0.05, 0.1) is 7.11 Å². The number of benzene rings is 1. The summed E-state index contributed by atoms with van der Waals surface area (Å²) in [5, 5.41) is 3.23. The Morgan fingerprint density at radius 3 is 2.47 bits per heavy atom. The van der Waals surface area contributed by atoms with Crippen molar-refractivity contribution in [2.24, 2.45) is 0 Å². The maximum Gasteiger partial charge on any atom is 0.305 e. The van der Waals surface area contributed by atoms with Crippen LogP contribution in [0.3, 0.4) is 0 Å². The monoisotopic (exact) mass is 235 g/mol. The van der Waals surface area contributed by atoms with Gasteiger partial charge in [-0.1, -0.05) is 31.2 Å². The SMILES string of the molecule is CCc1ccc(C(CCC(=O)OC)NC)cc1. The third kappa shape index (κ3) is 4.19. The highest BCUT2D eigenvalue weighted by atomic mass is 16.5. The van der Waals surface area contributed by atoms with Crippen molar-refractivity contribution in [3.05, 3.63) is 35.4 Å². The number of hydrogen-bond acceptors (Lipinski definition) is 3. The second-order valence-electron chi connectivity index (χ2n) is 4.05. The van der Waals surface area contributed by atoms with Gasteiger partial charge >= 0.3 is 5.97 Å². The molecule has 1 aromatic carbocycles. The Morgan fingerprint density at radius 1 is 1.35 bits per heavy atom. The Balaban J connectivity index is 2.62. The zero-order valence-electron chi connectivity index (χ0n) is 10.8. The third-order valence-corrected chi connectivity index (χ3v) is 3.00. The predicted octanol–water partition coefficient (Wildman–Crippen LogP) is 2.46. The Morgan fingerprint density at radius 2 is 2.00 bits per heavy atom. The van der Waals surface area contributed by atoms with Crippen molar-refractivity contribution in [1.29, 1.82) is 0 Å². The van der Waals surface area contributed by atoms with Gasteiger partial charge in [0.25, 0.3) is 0 Å². The summed E-state index contributed by atoms with van der Waals surface area (Å²) < 4.78 is 4.65. The van der Waals surface area contributed by atoms with Gasteiger partial charge in [-0.3, -0.25) is 4.79 Å². The van der Waals surface area contributed by atoms with Crippen molar-refractivity contribution >= 4 is 5.97 Å². The van der Waals surface area contributed by atoms with Gasteiger partial charge in [-0.2, -0.15) is 0 Å². The van der Waals surface area contributed by atoms with Crippen LogP contribution in [0.5, 0.6) is 0 Å². The van der Waals surface area contributed by atoms with E-state index in [2.05, 4.69) is 41.2 Å². The van der Waals surface area contributed by atoms with Gasteiger partial charge in [-0.05, 0) is 31.0 Å². The van der Waals surface area contributed by atoms with Crippen LogP contribution in [0.2, 0.25) is 0 Å². The van der Waals surface area contributed by atoms with Crippen molar-refractivity contribution in [2.45, 2.75) is 32.2 Å². The highest BCUT2D eigenvalue weighted by Gasteiger charge is 2.11. The van der Waals surface area contributed by atoms with E-state index in [1.807, 2.05) is 7.05 Å². The van der Waals surface area contributed by atoms with Crippen LogP contribution >= 0.6 is 0 Å². The number of hydrogen-bond donors (Lipinski definition) is 1. The number of esters is 1. The maximum absolute atomic E-state index is 11.1. The van der Waals surface area contributed by atoms with Gasteiger partial charge in [-0.25, -0.2) is 0 Å². The Kier molecular flexibility index (Phi) is 5.70. The van der Waals surface area contributed by atoms with Gasteiger partial charge < -0.3 is 10.1 Å². The fraction of sp³-hybridized carbons (Fsp3) is 0.500. The highest BCUT2D eigenvalue weighted by Crippen LogP contribution is 2.19. The summed E-state index contributed by atoms with van der Waals surface area (Å²) in [6.45, 7) is 2.14. The molecule has 0 aromatic heterocycles. The summed E-state index contributed by atoms with van der Waals surface area (Å²) in [6, 6.07) is 8.73. The Hall–Kier alpha value is -1.35. The Labute approximate surface area is 103 Å². The minimum atomic E-state index is -0.157. The second-order valence-corrected chi connectivity index (χ2v) is 4.05. The average molecular weight is 235 g/mol. The molecule has 0 fully saturated rings. The lowest BCUT2D eigenvalue weighted by Crippen LogP contribution is -2.18. The lowest BCUT2D eigenvalue weighted by Gasteiger charge is -2.16. The van der Waals surface area contributed by atoms with Gasteiger partial charge in [0.1, 0.15) is 0 Å². The molecule has 1 N–H and O–H groups in total. The van der Waals surface area contributed by atoms with Crippen LogP contribution < -0.4 is 5.32 Å². The first-order valence-electron chi connectivity index (χ1n) is 6.04. The zero-order valence-corrected chi connectivity index (χ0v) is 10.8. The van der Waals surface area contributed by atoms with Crippen molar-refractivity contribution in [3.63, 3.8) is 0 Å². The van der Waals surface area contributed by atoms with Gasteiger partial charge in [0, 0.05) is 12.5 Å². The van der Waals surface area contributed by atoms with E-state index >= 15 is 0 Å². The molecule has 17 heavy (non-hydrogen) atoms. The number of methoxy groups -OCH3 is 1. The predicted molar refractivity (Wildman–Crippen MR) is 68.9 cm³/mol. The van der Waals surface area contributed by atoms with Crippen LogP contribution in [-0.2, 0) is 16.0 Å². The standard InChI is InChI=1S/C14H21NO2/c1-4-11-5-7-12(8-6-11)13(15-2)9-10-14(16)17-3/h5-8,13,15H,4,9-10H2,1-3H3. The largest absolute Gasteiger partial charge is 0.469 e. The molecular weight excluding hydrogens is 214 g/mol. The number of rotatable bonds is 6. The quantitative estimate of drug-likeness (QED) is 0.770. The van der Waals surface area contributed by atoms with E-state index in [1.54, 1.807) is 0 Å². The van der Waals surface area contributed by atoms with E-state index in [-0.39, 0.29) is 12.0 Å². The lowest BCUT2D eigenvalue weighted by molar-refractivity contribution is -0.140. The fourth-order valence-electron chi connectivity index (χ4n) is 1.83. The van der Waals surface area contributed by atoms with E-state index in [0.717, 1.165) is 12.8 Å². The topological polar surface area (TPSA) is 38.3 Å². The minimum Gasteiger partial charge on any atom is -0.469 e. The molecule has 0 aliphatic carbocycles. The number of nitrogens with one attached hydrogen (secondary N) is 1. The van der Waals surface area contributed by atoms with Crippen LogP contribution in [0.1, 0.15) is 36.9 Å². The van der Waals surface area contributed by atoms with Crippen molar-refractivity contribution < 1.29 is 9.53 Å². The summed E-state index contributed by atoms with van der Waals surface area (Å²) >= 11 is 0.